The summed E-state index contributed by atoms with van der Waals surface area (Å²) in [7, 11) is 3.60. The zero-order valence-corrected chi connectivity index (χ0v) is 20.3. The number of guanidine groups is 1. The molecule has 1 aromatic heterocycles. The van der Waals surface area contributed by atoms with Crippen molar-refractivity contribution in [2.24, 2.45) is 10.9 Å². The van der Waals surface area contributed by atoms with Crippen molar-refractivity contribution in [1.82, 2.24) is 15.1 Å². The SMILES string of the molecule is CN=C(NCC(c1cccs1)N1CCCC1)N1CCC(COCCOC)C1.I. The van der Waals surface area contributed by atoms with E-state index in [1.165, 1.54) is 30.8 Å². The van der Waals surface area contributed by atoms with Gasteiger partial charge in [0.2, 0.25) is 0 Å². The molecule has 1 aromatic rings. The highest BCUT2D eigenvalue weighted by atomic mass is 127. The normalized spacial score (nSPS) is 21.7. The van der Waals surface area contributed by atoms with E-state index in [-0.39, 0.29) is 24.0 Å². The van der Waals surface area contributed by atoms with Crippen molar-refractivity contribution in [1.29, 1.82) is 0 Å². The quantitative estimate of drug-likeness (QED) is 0.234. The fourth-order valence-corrected chi connectivity index (χ4v) is 4.88. The summed E-state index contributed by atoms with van der Waals surface area (Å²) < 4.78 is 10.8. The summed E-state index contributed by atoms with van der Waals surface area (Å²) >= 11 is 1.86. The molecule has 1 N–H and O–H groups in total. The van der Waals surface area contributed by atoms with Crippen molar-refractivity contribution >= 4 is 41.3 Å². The molecule has 2 fully saturated rings. The maximum atomic E-state index is 5.72. The van der Waals surface area contributed by atoms with E-state index in [9.17, 15) is 0 Å². The zero-order chi connectivity index (χ0) is 18.9. The van der Waals surface area contributed by atoms with Gasteiger partial charge in [-0.05, 0) is 43.8 Å². The molecule has 0 aliphatic carbocycles. The van der Waals surface area contributed by atoms with Gasteiger partial charge in [0.15, 0.2) is 5.96 Å². The molecule has 3 rings (SSSR count). The molecule has 2 unspecified atom stereocenters. The number of hydrogen-bond acceptors (Lipinski definition) is 5. The largest absolute Gasteiger partial charge is 0.382 e. The van der Waals surface area contributed by atoms with Crippen LogP contribution in [0.4, 0.5) is 0 Å². The molecule has 3 heterocycles. The Bertz CT molecular complexity index is 567. The van der Waals surface area contributed by atoms with Gasteiger partial charge in [-0.15, -0.1) is 35.3 Å². The Morgan fingerprint density at radius 1 is 1.32 bits per heavy atom. The minimum Gasteiger partial charge on any atom is -0.382 e. The number of nitrogens with one attached hydrogen (secondary N) is 1. The van der Waals surface area contributed by atoms with Crippen molar-refractivity contribution < 1.29 is 9.47 Å². The van der Waals surface area contributed by atoms with Gasteiger partial charge in [-0.25, -0.2) is 0 Å². The van der Waals surface area contributed by atoms with Gasteiger partial charge in [0.25, 0.3) is 0 Å². The standard InChI is InChI=1S/C20H34N4O2S.HI/c1-21-20(24-10-7-17(15-24)16-26-12-11-25-2)22-14-18(19-6-5-13-27-19)23-8-3-4-9-23;/h5-6,13,17-18H,3-4,7-12,14-16H2,1-2H3,(H,21,22);1H. The topological polar surface area (TPSA) is 49.3 Å². The monoisotopic (exact) mass is 522 g/mol. The van der Waals surface area contributed by atoms with E-state index in [4.69, 9.17) is 9.47 Å². The van der Waals surface area contributed by atoms with E-state index in [0.29, 0.717) is 25.2 Å². The third-order valence-electron chi connectivity index (χ3n) is 5.49. The third kappa shape index (κ3) is 6.83. The van der Waals surface area contributed by atoms with Crippen LogP contribution >= 0.6 is 35.3 Å². The molecule has 0 aromatic carbocycles. The fourth-order valence-electron chi connectivity index (χ4n) is 4.02. The number of ether oxygens (including phenoxy) is 2. The summed E-state index contributed by atoms with van der Waals surface area (Å²) in [6.45, 7) is 7.53. The summed E-state index contributed by atoms with van der Waals surface area (Å²) in [5, 5.41) is 5.84. The Morgan fingerprint density at radius 2 is 2.14 bits per heavy atom. The molecule has 0 radical (unpaired) electrons. The number of methoxy groups -OCH3 is 1. The lowest BCUT2D eigenvalue weighted by Gasteiger charge is -2.29. The lowest BCUT2D eigenvalue weighted by atomic mass is 10.1. The Balaban J connectivity index is 0.00000280. The van der Waals surface area contributed by atoms with Crippen molar-refractivity contribution in [2.45, 2.75) is 25.3 Å². The maximum Gasteiger partial charge on any atom is 0.193 e. The van der Waals surface area contributed by atoms with Gasteiger partial charge in [0.05, 0.1) is 25.9 Å². The molecule has 2 saturated heterocycles. The van der Waals surface area contributed by atoms with E-state index in [2.05, 4.69) is 37.6 Å². The second-order valence-corrected chi connectivity index (χ2v) is 8.35. The molecule has 0 saturated carbocycles. The second-order valence-electron chi connectivity index (χ2n) is 7.37. The van der Waals surface area contributed by atoms with E-state index < -0.39 is 0 Å². The summed E-state index contributed by atoms with van der Waals surface area (Å²) in [5.74, 6) is 1.60. The molecular formula is C20H35IN4O2S. The van der Waals surface area contributed by atoms with Gasteiger partial charge in [-0.3, -0.25) is 9.89 Å². The summed E-state index contributed by atoms with van der Waals surface area (Å²) in [5.41, 5.74) is 0. The van der Waals surface area contributed by atoms with Crippen LogP contribution in [-0.2, 0) is 9.47 Å². The van der Waals surface area contributed by atoms with Crippen LogP contribution in [0.1, 0.15) is 30.2 Å². The molecule has 2 atom stereocenters. The van der Waals surface area contributed by atoms with Crippen molar-refractivity contribution in [3.8, 4) is 0 Å². The molecule has 2 aliphatic rings. The van der Waals surface area contributed by atoms with Gasteiger partial charge in [-0.1, -0.05) is 6.07 Å². The smallest absolute Gasteiger partial charge is 0.193 e. The number of aliphatic imine (C=N–C) groups is 1. The number of hydrogen-bond donors (Lipinski definition) is 1. The molecule has 160 valence electrons. The lowest BCUT2D eigenvalue weighted by molar-refractivity contribution is 0.0536. The van der Waals surface area contributed by atoms with E-state index in [1.54, 1.807) is 7.11 Å². The van der Waals surface area contributed by atoms with Crippen molar-refractivity contribution in [3.63, 3.8) is 0 Å². The first kappa shape index (κ1) is 23.9. The average molecular weight is 522 g/mol. The zero-order valence-electron chi connectivity index (χ0n) is 17.1. The third-order valence-corrected chi connectivity index (χ3v) is 6.46. The van der Waals surface area contributed by atoms with Crippen molar-refractivity contribution in [2.75, 3.05) is 66.7 Å². The molecule has 0 spiro atoms. The number of thiophene rings is 1. The Morgan fingerprint density at radius 3 is 2.82 bits per heavy atom. The maximum absolute atomic E-state index is 5.72. The van der Waals surface area contributed by atoms with Crippen LogP contribution in [0, 0.1) is 5.92 Å². The molecule has 6 nitrogen and oxygen atoms in total. The van der Waals surface area contributed by atoms with Crippen LogP contribution in [0.3, 0.4) is 0 Å². The average Bonchev–Trinajstić information content (AvgIpc) is 3.45. The van der Waals surface area contributed by atoms with E-state index in [1.807, 2.05) is 18.4 Å². The highest BCUT2D eigenvalue weighted by Gasteiger charge is 2.28. The van der Waals surface area contributed by atoms with Crippen LogP contribution in [0.2, 0.25) is 0 Å². The first-order chi connectivity index (χ1) is 13.3. The van der Waals surface area contributed by atoms with Crippen LogP contribution in [-0.4, -0.2) is 82.5 Å². The molecule has 28 heavy (non-hydrogen) atoms. The first-order valence-corrected chi connectivity index (χ1v) is 11.0. The molecular weight excluding hydrogens is 487 g/mol. The van der Waals surface area contributed by atoms with E-state index >= 15 is 0 Å². The summed E-state index contributed by atoms with van der Waals surface area (Å²) in [6.07, 6.45) is 3.79. The number of nitrogens with zero attached hydrogens (tertiary/aromatic N) is 3. The minimum atomic E-state index is 0. The Kier molecular flexibility index (Phi) is 11.1. The molecule has 0 amide bonds. The highest BCUT2D eigenvalue weighted by molar-refractivity contribution is 14.0. The van der Waals surface area contributed by atoms with Crippen LogP contribution in [0.5, 0.6) is 0 Å². The van der Waals surface area contributed by atoms with Gasteiger partial charge in [-0.2, -0.15) is 0 Å². The van der Waals surface area contributed by atoms with Gasteiger partial charge < -0.3 is 19.7 Å². The first-order valence-electron chi connectivity index (χ1n) is 10.1. The minimum absolute atomic E-state index is 0. The van der Waals surface area contributed by atoms with Crippen LogP contribution in [0.15, 0.2) is 22.5 Å². The number of halogens is 1. The number of rotatable bonds is 9. The Hall–Kier alpha value is -0.420. The van der Waals surface area contributed by atoms with Crippen molar-refractivity contribution in [3.05, 3.63) is 22.4 Å². The van der Waals surface area contributed by atoms with Crippen LogP contribution < -0.4 is 5.32 Å². The van der Waals surface area contributed by atoms with E-state index in [0.717, 1.165) is 38.6 Å². The molecule has 2 aliphatic heterocycles. The Labute approximate surface area is 190 Å². The second kappa shape index (κ2) is 13.0. The predicted molar refractivity (Wildman–Crippen MR) is 127 cm³/mol. The van der Waals surface area contributed by atoms with Gasteiger partial charge >= 0.3 is 0 Å². The molecule has 8 heteroatoms. The highest BCUT2D eigenvalue weighted by Crippen LogP contribution is 2.28. The van der Waals surface area contributed by atoms with Crippen LogP contribution in [0.25, 0.3) is 0 Å². The fraction of sp³-hybridized carbons (Fsp3) is 0.750. The summed E-state index contributed by atoms with van der Waals surface area (Å²) in [6, 6.07) is 4.87. The van der Waals surface area contributed by atoms with Gasteiger partial charge in [0, 0.05) is 44.6 Å². The predicted octanol–water partition coefficient (Wildman–Crippen LogP) is 3.06. The lowest BCUT2D eigenvalue weighted by Crippen LogP contribution is -2.44. The summed E-state index contributed by atoms with van der Waals surface area (Å²) in [4.78, 5) is 11.0. The number of likely N-dealkylation sites (tertiary alicyclic amines) is 2. The molecule has 0 bridgehead atoms. The van der Waals surface area contributed by atoms with Gasteiger partial charge in [0.1, 0.15) is 0 Å².